The second kappa shape index (κ2) is 7.75. The number of amides is 2. The number of nitrogens with two attached hydrogens (primary N) is 1. The number of carbonyl (C=O) groups excluding carboxylic acids is 2. The van der Waals surface area contributed by atoms with Gasteiger partial charge in [0, 0.05) is 29.3 Å². The van der Waals surface area contributed by atoms with Crippen molar-refractivity contribution in [2.45, 2.75) is 50.5 Å². The maximum absolute atomic E-state index is 12.6. The molecule has 2 aromatic rings. The molecule has 2 amide bonds. The lowest BCUT2D eigenvalue weighted by atomic mass is 9.96. The number of aromatic nitrogens is 2. The van der Waals surface area contributed by atoms with E-state index in [1.807, 2.05) is 11.8 Å². The molecular formula is C19H24N4O2S2. The number of hydrogen-bond donors (Lipinski definition) is 1. The predicted molar refractivity (Wildman–Crippen MR) is 108 cm³/mol. The summed E-state index contributed by atoms with van der Waals surface area (Å²) in [6.45, 7) is 3.14. The molecule has 0 aromatic carbocycles. The molecule has 2 aromatic heterocycles. The Bertz CT molecular complexity index is 887. The molecule has 1 aliphatic heterocycles. The summed E-state index contributed by atoms with van der Waals surface area (Å²) in [7, 11) is 0. The Balaban J connectivity index is 1.48. The zero-order valence-electron chi connectivity index (χ0n) is 15.5. The number of likely N-dealkylation sites (tertiary alicyclic amines) is 1. The van der Waals surface area contributed by atoms with Gasteiger partial charge in [0.1, 0.15) is 15.7 Å². The predicted octanol–water partition coefficient (Wildman–Crippen LogP) is 2.69. The molecule has 4 rings (SSSR count). The van der Waals surface area contributed by atoms with Crippen molar-refractivity contribution in [2.24, 2.45) is 11.7 Å². The average molecular weight is 405 g/mol. The van der Waals surface area contributed by atoms with E-state index in [0.717, 1.165) is 28.5 Å². The van der Waals surface area contributed by atoms with Gasteiger partial charge < -0.3 is 10.6 Å². The zero-order chi connectivity index (χ0) is 19.0. The second-order valence-corrected chi connectivity index (χ2v) is 9.36. The van der Waals surface area contributed by atoms with Gasteiger partial charge in [0.15, 0.2) is 0 Å². The van der Waals surface area contributed by atoms with Crippen LogP contribution in [0, 0.1) is 12.8 Å². The molecule has 0 saturated carbocycles. The Morgan fingerprint density at radius 1 is 1.22 bits per heavy atom. The van der Waals surface area contributed by atoms with E-state index in [2.05, 4.69) is 9.97 Å². The zero-order valence-corrected chi connectivity index (χ0v) is 17.1. The summed E-state index contributed by atoms with van der Waals surface area (Å²) in [5, 5.41) is 2.11. The Labute approximate surface area is 166 Å². The van der Waals surface area contributed by atoms with E-state index in [4.69, 9.17) is 5.73 Å². The maximum Gasteiger partial charge on any atom is 0.232 e. The summed E-state index contributed by atoms with van der Waals surface area (Å²) >= 11 is 3.31. The Morgan fingerprint density at radius 2 is 1.96 bits per heavy atom. The number of thioether (sulfide) groups is 1. The molecule has 2 aliphatic rings. The van der Waals surface area contributed by atoms with Crippen molar-refractivity contribution >= 4 is 45.1 Å². The van der Waals surface area contributed by atoms with Crippen LogP contribution in [0.15, 0.2) is 5.03 Å². The fourth-order valence-corrected chi connectivity index (χ4v) is 6.34. The van der Waals surface area contributed by atoms with Gasteiger partial charge in [0.05, 0.1) is 5.75 Å². The van der Waals surface area contributed by atoms with Crippen LogP contribution in [-0.4, -0.2) is 45.5 Å². The molecule has 0 spiro atoms. The van der Waals surface area contributed by atoms with Crippen LogP contribution in [0.5, 0.6) is 0 Å². The van der Waals surface area contributed by atoms with Crippen molar-refractivity contribution in [3.63, 3.8) is 0 Å². The van der Waals surface area contributed by atoms with Crippen LogP contribution < -0.4 is 5.73 Å². The van der Waals surface area contributed by atoms with Gasteiger partial charge in [-0.25, -0.2) is 9.97 Å². The van der Waals surface area contributed by atoms with Crippen molar-refractivity contribution in [2.75, 3.05) is 18.8 Å². The van der Waals surface area contributed by atoms with Gasteiger partial charge in [-0.15, -0.1) is 11.3 Å². The van der Waals surface area contributed by atoms with Gasteiger partial charge in [0.25, 0.3) is 0 Å². The molecule has 144 valence electrons. The number of carbonyl (C=O) groups is 2. The van der Waals surface area contributed by atoms with Crippen molar-refractivity contribution in [3.8, 4) is 0 Å². The topological polar surface area (TPSA) is 89.2 Å². The van der Waals surface area contributed by atoms with E-state index >= 15 is 0 Å². The van der Waals surface area contributed by atoms with Gasteiger partial charge in [-0.3, -0.25) is 9.59 Å². The quantitative estimate of drug-likeness (QED) is 0.625. The summed E-state index contributed by atoms with van der Waals surface area (Å²) in [6, 6.07) is 0. The normalized spacial score (nSPS) is 17.9. The third-order valence-electron chi connectivity index (χ3n) is 5.48. The molecule has 6 nitrogen and oxygen atoms in total. The summed E-state index contributed by atoms with van der Waals surface area (Å²) in [5.41, 5.74) is 6.78. The highest BCUT2D eigenvalue weighted by Gasteiger charge is 2.26. The minimum absolute atomic E-state index is 0.0943. The number of fused-ring (bicyclic) bond motifs is 3. The van der Waals surface area contributed by atoms with Gasteiger partial charge in [-0.2, -0.15) is 0 Å². The maximum atomic E-state index is 12.6. The average Bonchev–Trinajstić information content (AvgIpc) is 3.04. The summed E-state index contributed by atoms with van der Waals surface area (Å²) in [5.74, 6) is 0.896. The van der Waals surface area contributed by atoms with E-state index < -0.39 is 0 Å². The van der Waals surface area contributed by atoms with Crippen LogP contribution >= 0.6 is 23.1 Å². The summed E-state index contributed by atoms with van der Waals surface area (Å²) in [6.07, 6.45) is 6.01. The number of primary amides is 1. The Hall–Kier alpha value is -1.67. The molecule has 3 heterocycles. The third kappa shape index (κ3) is 3.82. The van der Waals surface area contributed by atoms with E-state index in [0.29, 0.717) is 31.7 Å². The highest BCUT2D eigenvalue weighted by Crippen LogP contribution is 2.39. The first-order chi connectivity index (χ1) is 13.0. The van der Waals surface area contributed by atoms with E-state index in [9.17, 15) is 9.59 Å². The van der Waals surface area contributed by atoms with E-state index in [1.165, 1.54) is 40.4 Å². The summed E-state index contributed by atoms with van der Waals surface area (Å²) in [4.78, 5) is 37.6. The summed E-state index contributed by atoms with van der Waals surface area (Å²) < 4.78 is 0. The standard InChI is InChI=1S/C19H24N4O2S2/c1-11-21-18(16-13-4-2-3-5-14(13)27-19(16)22-11)26-10-15(24)23-8-6-12(7-9-23)17(20)25/h12H,2-10H2,1H3,(H2,20,25). The van der Waals surface area contributed by atoms with Crippen LogP contribution in [0.4, 0.5) is 0 Å². The van der Waals surface area contributed by atoms with Crippen molar-refractivity contribution in [1.82, 2.24) is 14.9 Å². The van der Waals surface area contributed by atoms with Crippen molar-refractivity contribution < 1.29 is 9.59 Å². The largest absolute Gasteiger partial charge is 0.369 e. The minimum atomic E-state index is -0.252. The van der Waals surface area contributed by atoms with E-state index in [1.54, 1.807) is 11.3 Å². The number of rotatable bonds is 4. The fourth-order valence-electron chi connectivity index (χ4n) is 3.96. The van der Waals surface area contributed by atoms with Crippen LogP contribution in [-0.2, 0) is 22.4 Å². The first-order valence-corrected chi connectivity index (χ1v) is 11.3. The molecule has 0 bridgehead atoms. The molecule has 0 radical (unpaired) electrons. The molecule has 8 heteroatoms. The first-order valence-electron chi connectivity index (χ1n) is 9.51. The minimum Gasteiger partial charge on any atom is -0.369 e. The molecule has 1 fully saturated rings. The second-order valence-electron chi connectivity index (χ2n) is 7.31. The monoisotopic (exact) mass is 404 g/mol. The van der Waals surface area contributed by atoms with Gasteiger partial charge in [-0.1, -0.05) is 11.8 Å². The number of hydrogen-bond acceptors (Lipinski definition) is 6. The van der Waals surface area contributed by atoms with Gasteiger partial charge in [0.2, 0.25) is 11.8 Å². The smallest absolute Gasteiger partial charge is 0.232 e. The first kappa shape index (κ1) is 18.7. The molecule has 1 aliphatic carbocycles. The number of nitrogens with zero attached hydrogens (tertiary/aromatic N) is 3. The van der Waals surface area contributed by atoms with Crippen LogP contribution in [0.25, 0.3) is 10.2 Å². The molecule has 2 N–H and O–H groups in total. The molecule has 0 atom stereocenters. The fraction of sp³-hybridized carbons (Fsp3) is 0.579. The molecule has 1 saturated heterocycles. The lowest BCUT2D eigenvalue weighted by molar-refractivity contribution is -0.132. The van der Waals surface area contributed by atoms with Gasteiger partial charge >= 0.3 is 0 Å². The SMILES string of the molecule is Cc1nc(SCC(=O)N2CCC(C(N)=O)CC2)c2c3c(sc2n1)CCCC3. The Morgan fingerprint density at radius 3 is 2.70 bits per heavy atom. The van der Waals surface area contributed by atoms with Crippen LogP contribution in [0.2, 0.25) is 0 Å². The lowest BCUT2D eigenvalue weighted by Gasteiger charge is -2.30. The van der Waals surface area contributed by atoms with Crippen LogP contribution in [0.1, 0.15) is 41.9 Å². The van der Waals surface area contributed by atoms with E-state index in [-0.39, 0.29) is 17.7 Å². The third-order valence-corrected chi connectivity index (χ3v) is 7.62. The highest BCUT2D eigenvalue weighted by molar-refractivity contribution is 8.00. The number of thiophene rings is 1. The Kier molecular flexibility index (Phi) is 5.36. The van der Waals surface area contributed by atoms with Crippen molar-refractivity contribution in [1.29, 1.82) is 0 Å². The number of aryl methyl sites for hydroxylation is 3. The van der Waals surface area contributed by atoms with Gasteiger partial charge in [-0.05, 0) is 51.0 Å². The number of piperidine rings is 1. The van der Waals surface area contributed by atoms with Crippen molar-refractivity contribution in [3.05, 3.63) is 16.3 Å². The van der Waals surface area contributed by atoms with Crippen LogP contribution in [0.3, 0.4) is 0 Å². The molecular weight excluding hydrogens is 380 g/mol. The lowest BCUT2D eigenvalue weighted by Crippen LogP contribution is -2.42. The molecule has 27 heavy (non-hydrogen) atoms. The highest BCUT2D eigenvalue weighted by atomic mass is 32.2. The molecule has 0 unspecified atom stereocenters.